The minimum atomic E-state index is -1.02. The molecule has 0 aliphatic heterocycles. The first-order valence-electron chi connectivity index (χ1n) is 4.25. The number of aliphatic hydroxyl groups is 1. The standard InChI is InChI=1S/C10H11FO2/c1-6-4-7(12)5-8(9(6)11)10(13)2-3-10/h4-5,12-13H,2-3H2,1H3. The second-order valence-corrected chi connectivity index (χ2v) is 3.66. The van der Waals surface area contributed by atoms with Gasteiger partial charge in [0, 0.05) is 5.56 Å². The highest BCUT2D eigenvalue weighted by molar-refractivity contribution is 5.39. The van der Waals surface area contributed by atoms with Gasteiger partial charge >= 0.3 is 0 Å². The summed E-state index contributed by atoms with van der Waals surface area (Å²) in [7, 11) is 0. The van der Waals surface area contributed by atoms with Gasteiger partial charge in [-0.25, -0.2) is 4.39 Å². The van der Waals surface area contributed by atoms with Gasteiger partial charge in [0.15, 0.2) is 0 Å². The van der Waals surface area contributed by atoms with E-state index in [0.717, 1.165) is 0 Å². The fraction of sp³-hybridized carbons (Fsp3) is 0.400. The Bertz CT molecular complexity index is 356. The third-order valence-corrected chi connectivity index (χ3v) is 2.46. The molecule has 1 aliphatic carbocycles. The Labute approximate surface area is 75.6 Å². The molecule has 3 heteroatoms. The van der Waals surface area contributed by atoms with Crippen LogP contribution in [0.4, 0.5) is 4.39 Å². The summed E-state index contributed by atoms with van der Waals surface area (Å²) in [5, 5.41) is 18.9. The van der Waals surface area contributed by atoms with E-state index < -0.39 is 11.4 Å². The molecule has 0 saturated heterocycles. The molecule has 1 aliphatic rings. The van der Waals surface area contributed by atoms with Crippen LogP contribution in [0.2, 0.25) is 0 Å². The molecule has 2 N–H and O–H groups in total. The molecule has 0 aromatic heterocycles. The van der Waals surface area contributed by atoms with E-state index in [1.807, 2.05) is 0 Å². The van der Waals surface area contributed by atoms with Crippen LogP contribution in [0, 0.1) is 12.7 Å². The molecule has 0 heterocycles. The van der Waals surface area contributed by atoms with Crippen LogP contribution in [-0.4, -0.2) is 10.2 Å². The molecule has 70 valence electrons. The average molecular weight is 182 g/mol. The summed E-state index contributed by atoms with van der Waals surface area (Å²) in [4.78, 5) is 0. The molecular formula is C10H11FO2. The molecule has 1 aromatic rings. The summed E-state index contributed by atoms with van der Waals surface area (Å²) in [6.45, 7) is 1.57. The van der Waals surface area contributed by atoms with E-state index in [2.05, 4.69) is 0 Å². The highest BCUT2D eigenvalue weighted by atomic mass is 19.1. The zero-order valence-corrected chi connectivity index (χ0v) is 7.34. The van der Waals surface area contributed by atoms with Gasteiger partial charge in [-0.15, -0.1) is 0 Å². The first-order valence-corrected chi connectivity index (χ1v) is 4.25. The maximum atomic E-state index is 13.4. The second kappa shape index (κ2) is 2.45. The van der Waals surface area contributed by atoms with E-state index in [0.29, 0.717) is 18.4 Å². The number of halogens is 1. The smallest absolute Gasteiger partial charge is 0.132 e. The van der Waals surface area contributed by atoms with Crippen molar-refractivity contribution >= 4 is 0 Å². The Hall–Kier alpha value is -1.09. The predicted molar refractivity (Wildman–Crippen MR) is 45.9 cm³/mol. The van der Waals surface area contributed by atoms with Crippen molar-refractivity contribution in [2.75, 3.05) is 0 Å². The Morgan fingerprint density at radius 1 is 1.38 bits per heavy atom. The van der Waals surface area contributed by atoms with Crippen LogP contribution in [-0.2, 0) is 5.60 Å². The van der Waals surface area contributed by atoms with E-state index in [1.54, 1.807) is 6.92 Å². The topological polar surface area (TPSA) is 40.5 Å². The van der Waals surface area contributed by atoms with E-state index in [4.69, 9.17) is 0 Å². The number of phenolic OH excluding ortho intramolecular Hbond substituents is 1. The molecule has 2 nitrogen and oxygen atoms in total. The van der Waals surface area contributed by atoms with Crippen molar-refractivity contribution in [3.63, 3.8) is 0 Å². The van der Waals surface area contributed by atoms with Gasteiger partial charge in [-0.05, 0) is 37.5 Å². The first kappa shape index (κ1) is 8.51. The minimum Gasteiger partial charge on any atom is -0.508 e. The summed E-state index contributed by atoms with van der Waals surface area (Å²) in [6, 6.07) is 2.65. The molecule has 1 fully saturated rings. The Morgan fingerprint density at radius 2 is 2.00 bits per heavy atom. The van der Waals surface area contributed by atoms with Crippen molar-refractivity contribution in [3.05, 3.63) is 29.1 Å². The molecule has 0 radical (unpaired) electrons. The summed E-state index contributed by atoms with van der Waals surface area (Å²) < 4.78 is 13.4. The average Bonchev–Trinajstić information content (AvgIpc) is 2.77. The SMILES string of the molecule is Cc1cc(O)cc(C2(O)CC2)c1F. The number of benzene rings is 1. The van der Waals surface area contributed by atoms with E-state index in [9.17, 15) is 14.6 Å². The van der Waals surface area contributed by atoms with Crippen molar-refractivity contribution in [1.29, 1.82) is 0 Å². The van der Waals surface area contributed by atoms with Crippen molar-refractivity contribution < 1.29 is 14.6 Å². The highest BCUT2D eigenvalue weighted by Gasteiger charge is 2.44. The van der Waals surface area contributed by atoms with Crippen molar-refractivity contribution in [3.8, 4) is 5.75 Å². The fourth-order valence-electron chi connectivity index (χ4n) is 1.48. The summed E-state index contributed by atoms with van der Waals surface area (Å²) in [5.74, 6) is -0.396. The molecule has 0 unspecified atom stereocenters. The quantitative estimate of drug-likeness (QED) is 0.695. The molecule has 0 atom stereocenters. The third-order valence-electron chi connectivity index (χ3n) is 2.46. The second-order valence-electron chi connectivity index (χ2n) is 3.66. The lowest BCUT2D eigenvalue weighted by atomic mass is 10.0. The number of phenols is 1. The van der Waals surface area contributed by atoms with Crippen LogP contribution >= 0.6 is 0 Å². The number of hydrogen-bond acceptors (Lipinski definition) is 2. The Morgan fingerprint density at radius 3 is 2.54 bits per heavy atom. The van der Waals surface area contributed by atoms with Gasteiger partial charge < -0.3 is 10.2 Å². The number of rotatable bonds is 1. The Balaban J connectivity index is 2.56. The third kappa shape index (κ3) is 1.29. The lowest BCUT2D eigenvalue weighted by Gasteiger charge is -2.11. The largest absolute Gasteiger partial charge is 0.508 e. The number of aryl methyl sites for hydroxylation is 1. The van der Waals surface area contributed by atoms with Gasteiger partial charge in [-0.2, -0.15) is 0 Å². The van der Waals surface area contributed by atoms with Gasteiger partial charge in [-0.3, -0.25) is 0 Å². The van der Waals surface area contributed by atoms with Crippen LogP contribution in [0.25, 0.3) is 0 Å². The molecule has 1 aromatic carbocycles. The highest BCUT2D eigenvalue weighted by Crippen LogP contribution is 2.47. The lowest BCUT2D eigenvalue weighted by molar-refractivity contribution is 0.146. The monoisotopic (exact) mass is 182 g/mol. The van der Waals surface area contributed by atoms with Crippen molar-refractivity contribution in [1.82, 2.24) is 0 Å². The fourth-order valence-corrected chi connectivity index (χ4v) is 1.48. The van der Waals surface area contributed by atoms with Crippen LogP contribution in [0.3, 0.4) is 0 Å². The van der Waals surface area contributed by atoms with Crippen LogP contribution in [0.15, 0.2) is 12.1 Å². The van der Waals surface area contributed by atoms with Gasteiger partial charge in [0.05, 0.1) is 5.60 Å². The normalized spacial score (nSPS) is 18.7. The first-order chi connectivity index (χ1) is 6.03. The maximum Gasteiger partial charge on any atom is 0.132 e. The zero-order chi connectivity index (χ0) is 9.64. The molecule has 13 heavy (non-hydrogen) atoms. The number of aromatic hydroxyl groups is 1. The van der Waals surface area contributed by atoms with E-state index in [-0.39, 0.29) is 11.3 Å². The van der Waals surface area contributed by atoms with E-state index >= 15 is 0 Å². The summed E-state index contributed by atoms with van der Waals surface area (Å²) in [5.41, 5.74) is -0.423. The lowest BCUT2D eigenvalue weighted by Crippen LogP contribution is -2.08. The van der Waals surface area contributed by atoms with E-state index in [1.165, 1.54) is 12.1 Å². The number of hydrogen-bond donors (Lipinski definition) is 2. The molecule has 0 spiro atoms. The molecule has 0 bridgehead atoms. The van der Waals surface area contributed by atoms with Gasteiger partial charge in [0.25, 0.3) is 0 Å². The summed E-state index contributed by atoms with van der Waals surface area (Å²) in [6.07, 6.45) is 1.15. The van der Waals surface area contributed by atoms with Crippen molar-refractivity contribution in [2.24, 2.45) is 0 Å². The van der Waals surface area contributed by atoms with Gasteiger partial charge in [0.2, 0.25) is 0 Å². The maximum absolute atomic E-state index is 13.4. The van der Waals surface area contributed by atoms with Crippen LogP contribution in [0.5, 0.6) is 5.75 Å². The molecule has 1 saturated carbocycles. The van der Waals surface area contributed by atoms with Gasteiger partial charge in [0.1, 0.15) is 11.6 Å². The van der Waals surface area contributed by atoms with Gasteiger partial charge in [-0.1, -0.05) is 0 Å². The minimum absolute atomic E-state index is 0.00854. The molecular weight excluding hydrogens is 171 g/mol. The zero-order valence-electron chi connectivity index (χ0n) is 7.34. The van der Waals surface area contributed by atoms with Crippen LogP contribution < -0.4 is 0 Å². The predicted octanol–water partition coefficient (Wildman–Crippen LogP) is 1.82. The summed E-state index contributed by atoms with van der Waals surface area (Å²) >= 11 is 0. The molecule has 2 rings (SSSR count). The van der Waals surface area contributed by atoms with Crippen molar-refractivity contribution in [2.45, 2.75) is 25.4 Å². The molecule has 0 amide bonds. The van der Waals surface area contributed by atoms with Crippen LogP contribution in [0.1, 0.15) is 24.0 Å². The Kier molecular flexibility index (Phi) is 1.60.